The first-order valence-corrected chi connectivity index (χ1v) is 9.83. The minimum atomic E-state index is -3.55. The van der Waals surface area contributed by atoms with Gasteiger partial charge >= 0.3 is 0 Å². The number of rotatable bonds is 6. The van der Waals surface area contributed by atoms with E-state index in [0.29, 0.717) is 19.8 Å². The van der Waals surface area contributed by atoms with Crippen LogP contribution in [0.5, 0.6) is 0 Å². The lowest BCUT2D eigenvalue weighted by molar-refractivity contribution is 0.0171. The molecule has 2 heterocycles. The molecule has 1 aromatic carbocycles. The Morgan fingerprint density at radius 3 is 2.56 bits per heavy atom. The summed E-state index contributed by atoms with van der Waals surface area (Å²) in [6.07, 6.45) is 3.51. The second-order valence-corrected chi connectivity index (χ2v) is 7.88. The van der Waals surface area contributed by atoms with Crippen LogP contribution in [-0.4, -0.2) is 51.1 Å². The molecule has 1 aliphatic rings. The quantitative estimate of drug-likeness (QED) is 0.849. The normalized spacial score (nSPS) is 17.3. The maximum atomic E-state index is 12.6. The van der Waals surface area contributed by atoms with Crippen LogP contribution in [0.3, 0.4) is 0 Å². The Hall–Kier alpha value is -1.80. The Morgan fingerprint density at radius 2 is 1.92 bits per heavy atom. The molecule has 1 fully saturated rings. The summed E-state index contributed by atoms with van der Waals surface area (Å²) < 4.78 is 33.4. The number of nitrogens with zero attached hydrogens (tertiary/aromatic N) is 2. The first-order chi connectivity index (χ1) is 12.1. The summed E-state index contributed by atoms with van der Waals surface area (Å²) in [7, 11) is -3.55. The van der Waals surface area contributed by atoms with Gasteiger partial charge in [0.2, 0.25) is 10.0 Å². The van der Waals surface area contributed by atoms with E-state index in [2.05, 4.69) is 14.6 Å². The third-order valence-corrected chi connectivity index (χ3v) is 5.79. The molecule has 0 aliphatic carbocycles. The third kappa shape index (κ3) is 4.64. The van der Waals surface area contributed by atoms with Crippen molar-refractivity contribution in [2.24, 2.45) is 0 Å². The number of aryl methyl sites for hydroxylation is 1. The van der Waals surface area contributed by atoms with Crippen molar-refractivity contribution >= 4 is 10.0 Å². The van der Waals surface area contributed by atoms with Gasteiger partial charge in [-0.25, -0.2) is 13.1 Å². The average molecular weight is 361 g/mol. The zero-order chi connectivity index (χ0) is 17.7. The molecule has 7 heteroatoms. The monoisotopic (exact) mass is 361 g/mol. The molecule has 134 valence electrons. The fourth-order valence-corrected chi connectivity index (χ4v) is 3.95. The van der Waals surface area contributed by atoms with Crippen LogP contribution in [0, 0.1) is 6.92 Å². The smallest absolute Gasteiger partial charge is 0.240 e. The zero-order valence-corrected chi connectivity index (χ0v) is 15.1. The first kappa shape index (κ1) is 18.0. The molecular weight excluding hydrogens is 338 g/mol. The van der Waals surface area contributed by atoms with Crippen molar-refractivity contribution in [1.29, 1.82) is 0 Å². The van der Waals surface area contributed by atoms with Gasteiger partial charge in [-0.05, 0) is 30.7 Å². The number of sulfonamides is 1. The maximum Gasteiger partial charge on any atom is 0.240 e. The summed E-state index contributed by atoms with van der Waals surface area (Å²) in [5.74, 6) is 0. The third-order valence-electron chi connectivity index (χ3n) is 4.35. The number of hydrogen-bond acceptors (Lipinski definition) is 5. The highest BCUT2D eigenvalue weighted by molar-refractivity contribution is 7.89. The number of benzene rings is 1. The Morgan fingerprint density at radius 1 is 1.20 bits per heavy atom. The van der Waals surface area contributed by atoms with E-state index < -0.39 is 10.0 Å². The Labute approximate surface area is 148 Å². The standard InChI is InChI=1S/C18H23N3O3S/c1-15-4-6-17(7-5-15)25(22,23)20-14-18(16-3-2-8-19-13-16)21-9-11-24-12-10-21/h2-8,13,18,20H,9-12,14H2,1H3/t18-/m0/s1. The molecular formula is C18H23N3O3S. The van der Waals surface area contributed by atoms with E-state index in [-0.39, 0.29) is 10.9 Å². The molecule has 0 bridgehead atoms. The van der Waals surface area contributed by atoms with Gasteiger partial charge in [0.1, 0.15) is 0 Å². The predicted octanol–water partition coefficient (Wildman–Crippen LogP) is 1.74. The van der Waals surface area contributed by atoms with Gasteiger partial charge in [0.25, 0.3) is 0 Å². The van der Waals surface area contributed by atoms with Gasteiger partial charge in [-0.2, -0.15) is 0 Å². The van der Waals surface area contributed by atoms with Crippen molar-refractivity contribution in [1.82, 2.24) is 14.6 Å². The average Bonchev–Trinajstić information content (AvgIpc) is 2.64. The number of aromatic nitrogens is 1. The van der Waals surface area contributed by atoms with E-state index in [4.69, 9.17) is 4.74 Å². The van der Waals surface area contributed by atoms with E-state index in [0.717, 1.165) is 24.2 Å². The lowest BCUT2D eigenvalue weighted by atomic mass is 10.1. The van der Waals surface area contributed by atoms with Gasteiger partial charge in [0.05, 0.1) is 24.2 Å². The molecule has 3 rings (SSSR count). The molecule has 0 unspecified atom stereocenters. The van der Waals surface area contributed by atoms with Crippen LogP contribution >= 0.6 is 0 Å². The molecule has 0 amide bonds. The Kier molecular flexibility index (Phi) is 5.80. The van der Waals surface area contributed by atoms with Crippen molar-refractivity contribution in [2.45, 2.75) is 17.9 Å². The molecule has 1 aliphatic heterocycles. The highest BCUT2D eigenvalue weighted by Crippen LogP contribution is 2.21. The van der Waals surface area contributed by atoms with Gasteiger partial charge in [-0.1, -0.05) is 23.8 Å². The highest BCUT2D eigenvalue weighted by atomic mass is 32.2. The molecule has 2 aromatic rings. The summed E-state index contributed by atoms with van der Waals surface area (Å²) in [5, 5.41) is 0. The van der Waals surface area contributed by atoms with Crippen LogP contribution in [0.25, 0.3) is 0 Å². The lowest BCUT2D eigenvalue weighted by Crippen LogP contribution is -2.43. The number of ether oxygens (including phenoxy) is 1. The molecule has 0 radical (unpaired) electrons. The van der Waals surface area contributed by atoms with Crippen LogP contribution in [0.2, 0.25) is 0 Å². The van der Waals surface area contributed by atoms with Gasteiger partial charge in [0, 0.05) is 32.0 Å². The predicted molar refractivity (Wildman–Crippen MR) is 95.7 cm³/mol. The highest BCUT2D eigenvalue weighted by Gasteiger charge is 2.25. The largest absolute Gasteiger partial charge is 0.379 e. The Bertz CT molecular complexity index is 773. The van der Waals surface area contributed by atoms with E-state index in [9.17, 15) is 8.42 Å². The number of morpholine rings is 1. The van der Waals surface area contributed by atoms with E-state index in [1.807, 2.05) is 19.1 Å². The van der Waals surface area contributed by atoms with Gasteiger partial charge in [0.15, 0.2) is 0 Å². The first-order valence-electron chi connectivity index (χ1n) is 8.34. The van der Waals surface area contributed by atoms with Crippen molar-refractivity contribution in [3.8, 4) is 0 Å². The van der Waals surface area contributed by atoms with Crippen molar-refractivity contribution < 1.29 is 13.2 Å². The fourth-order valence-electron chi connectivity index (χ4n) is 2.91. The number of hydrogen-bond donors (Lipinski definition) is 1. The molecule has 1 N–H and O–H groups in total. The van der Waals surface area contributed by atoms with Crippen LogP contribution in [0.1, 0.15) is 17.2 Å². The van der Waals surface area contributed by atoms with Crippen LogP contribution in [0.15, 0.2) is 53.7 Å². The van der Waals surface area contributed by atoms with Crippen LogP contribution in [0.4, 0.5) is 0 Å². The number of pyridine rings is 1. The minimum absolute atomic E-state index is 0.0715. The lowest BCUT2D eigenvalue weighted by Gasteiger charge is -2.34. The number of nitrogens with one attached hydrogen (secondary N) is 1. The summed E-state index contributed by atoms with van der Waals surface area (Å²) >= 11 is 0. The second-order valence-electron chi connectivity index (χ2n) is 6.12. The minimum Gasteiger partial charge on any atom is -0.379 e. The Balaban J connectivity index is 1.77. The maximum absolute atomic E-state index is 12.6. The van der Waals surface area contributed by atoms with Crippen LogP contribution in [-0.2, 0) is 14.8 Å². The molecule has 0 saturated carbocycles. The summed E-state index contributed by atoms with van der Waals surface area (Å²) in [6.45, 7) is 5.07. The SMILES string of the molecule is Cc1ccc(S(=O)(=O)NC[C@@H](c2cccnc2)N2CCOCC2)cc1. The summed E-state index contributed by atoms with van der Waals surface area (Å²) in [4.78, 5) is 6.69. The van der Waals surface area contributed by atoms with Gasteiger partial charge in [-0.15, -0.1) is 0 Å². The van der Waals surface area contributed by atoms with Gasteiger partial charge < -0.3 is 4.74 Å². The van der Waals surface area contributed by atoms with E-state index in [1.54, 1.807) is 36.7 Å². The second kappa shape index (κ2) is 8.05. The zero-order valence-electron chi connectivity index (χ0n) is 14.3. The molecule has 0 spiro atoms. The topological polar surface area (TPSA) is 71.5 Å². The van der Waals surface area contributed by atoms with Crippen molar-refractivity contribution in [2.75, 3.05) is 32.8 Å². The van der Waals surface area contributed by atoms with Crippen molar-refractivity contribution in [3.05, 3.63) is 59.9 Å². The molecule has 25 heavy (non-hydrogen) atoms. The van der Waals surface area contributed by atoms with E-state index in [1.165, 1.54) is 0 Å². The summed E-state index contributed by atoms with van der Waals surface area (Å²) in [6, 6.07) is 10.6. The van der Waals surface area contributed by atoms with Crippen LogP contribution < -0.4 is 4.72 Å². The van der Waals surface area contributed by atoms with E-state index >= 15 is 0 Å². The van der Waals surface area contributed by atoms with Gasteiger partial charge in [-0.3, -0.25) is 9.88 Å². The molecule has 1 atom stereocenters. The molecule has 1 saturated heterocycles. The molecule has 6 nitrogen and oxygen atoms in total. The van der Waals surface area contributed by atoms with Crippen molar-refractivity contribution in [3.63, 3.8) is 0 Å². The molecule has 1 aromatic heterocycles. The fraction of sp³-hybridized carbons (Fsp3) is 0.389. The summed E-state index contributed by atoms with van der Waals surface area (Å²) in [5.41, 5.74) is 2.02.